The molecule has 0 atom stereocenters. The molecule has 0 bridgehead atoms. The molecule has 0 aromatic carbocycles. The van der Waals surface area contributed by atoms with Crippen LogP contribution in [0, 0.1) is 13.8 Å². The van der Waals surface area contributed by atoms with Gasteiger partial charge in [-0.1, -0.05) is 15.9 Å². The maximum atomic E-state index is 11.6. The van der Waals surface area contributed by atoms with Crippen molar-refractivity contribution in [2.75, 3.05) is 18.5 Å². The van der Waals surface area contributed by atoms with Crippen LogP contribution in [0.1, 0.15) is 15.3 Å². The summed E-state index contributed by atoms with van der Waals surface area (Å²) < 4.78 is 5.73. The molecule has 0 fully saturated rings. The third kappa shape index (κ3) is 2.11. The van der Waals surface area contributed by atoms with Gasteiger partial charge in [-0.15, -0.1) is 11.3 Å². The molecule has 0 saturated heterocycles. The van der Waals surface area contributed by atoms with Crippen molar-refractivity contribution in [3.05, 3.63) is 15.3 Å². The lowest BCUT2D eigenvalue weighted by atomic mass is 10.2. The van der Waals surface area contributed by atoms with Gasteiger partial charge in [0, 0.05) is 10.4 Å². The first-order chi connectivity index (χ1) is 7.63. The van der Waals surface area contributed by atoms with Gasteiger partial charge in [0.25, 0.3) is 0 Å². The number of hydrogen-bond donors (Lipinski definition) is 0. The number of aryl methyl sites for hydroxylation is 1. The van der Waals surface area contributed by atoms with Gasteiger partial charge in [-0.2, -0.15) is 0 Å². The monoisotopic (exact) mass is 303 g/mol. The quantitative estimate of drug-likeness (QED) is 0.746. The minimum absolute atomic E-state index is 0.125. The number of ether oxygens (including phenoxy) is 1. The standard InChI is InChI=1S/C11H14BrNO2S/c1-7-8(2)16-9-6-13(10(14)5-12)3-4-15-11(7)9/h3-6H2,1-2H3. The molecular formula is C11H14BrNO2S. The van der Waals surface area contributed by atoms with E-state index in [9.17, 15) is 4.79 Å². The predicted molar refractivity (Wildman–Crippen MR) is 68.5 cm³/mol. The van der Waals surface area contributed by atoms with Crippen LogP contribution in [0.15, 0.2) is 0 Å². The van der Waals surface area contributed by atoms with Crippen molar-refractivity contribution in [3.8, 4) is 5.75 Å². The number of fused-ring (bicyclic) bond motifs is 1. The Morgan fingerprint density at radius 2 is 2.31 bits per heavy atom. The van der Waals surface area contributed by atoms with Crippen LogP contribution in [-0.4, -0.2) is 29.3 Å². The van der Waals surface area contributed by atoms with Crippen molar-refractivity contribution < 1.29 is 9.53 Å². The maximum Gasteiger partial charge on any atom is 0.233 e. The summed E-state index contributed by atoms with van der Waals surface area (Å²) in [7, 11) is 0. The van der Waals surface area contributed by atoms with Gasteiger partial charge in [-0.05, 0) is 13.8 Å². The molecule has 0 spiro atoms. The first-order valence-electron chi connectivity index (χ1n) is 5.19. The number of carbonyl (C=O) groups excluding carboxylic acids is 1. The second-order valence-corrected chi connectivity index (χ2v) is 5.70. The van der Waals surface area contributed by atoms with Crippen LogP contribution in [0.25, 0.3) is 0 Å². The lowest BCUT2D eigenvalue weighted by Crippen LogP contribution is -2.33. The van der Waals surface area contributed by atoms with E-state index >= 15 is 0 Å². The fraction of sp³-hybridized carbons (Fsp3) is 0.545. The average molecular weight is 304 g/mol. The summed E-state index contributed by atoms with van der Waals surface area (Å²) in [5, 5.41) is 0.381. The largest absolute Gasteiger partial charge is 0.490 e. The predicted octanol–water partition coefficient (Wildman–Crippen LogP) is 2.48. The minimum Gasteiger partial charge on any atom is -0.490 e. The van der Waals surface area contributed by atoms with E-state index in [0.29, 0.717) is 25.0 Å². The summed E-state index contributed by atoms with van der Waals surface area (Å²) in [5.41, 5.74) is 1.22. The zero-order valence-electron chi connectivity index (χ0n) is 9.38. The number of thiophene rings is 1. The van der Waals surface area contributed by atoms with E-state index in [0.717, 1.165) is 5.75 Å². The van der Waals surface area contributed by atoms with E-state index in [1.54, 1.807) is 11.3 Å². The molecule has 1 aromatic rings. The van der Waals surface area contributed by atoms with Crippen LogP contribution in [0.4, 0.5) is 0 Å². The van der Waals surface area contributed by atoms with Crippen LogP contribution in [-0.2, 0) is 11.3 Å². The highest BCUT2D eigenvalue weighted by Gasteiger charge is 2.22. The number of hydrogen-bond acceptors (Lipinski definition) is 3. The van der Waals surface area contributed by atoms with Gasteiger partial charge in [0.15, 0.2) is 0 Å². The van der Waals surface area contributed by atoms with Gasteiger partial charge < -0.3 is 9.64 Å². The third-order valence-corrected chi connectivity index (χ3v) is 4.46. The number of amides is 1. The highest BCUT2D eigenvalue weighted by atomic mass is 79.9. The Morgan fingerprint density at radius 1 is 1.56 bits per heavy atom. The lowest BCUT2D eigenvalue weighted by molar-refractivity contribution is -0.128. The first kappa shape index (κ1) is 11.9. The van der Waals surface area contributed by atoms with Gasteiger partial charge in [-0.25, -0.2) is 0 Å². The molecule has 16 heavy (non-hydrogen) atoms. The van der Waals surface area contributed by atoms with Gasteiger partial charge in [0.1, 0.15) is 12.4 Å². The fourth-order valence-electron chi connectivity index (χ4n) is 1.78. The highest BCUT2D eigenvalue weighted by Crippen LogP contribution is 2.36. The molecule has 0 N–H and O–H groups in total. The van der Waals surface area contributed by atoms with Crippen molar-refractivity contribution in [1.29, 1.82) is 0 Å². The van der Waals surface area contributed by atoms with Crippen molar-refractivity contribution in [3.63, 3.8) is 0 Å². The van der Waals surface area contributed by atoms with Gasteiger partial charge in [0.2, 0.25) is 5.91 Å². The van der Waals surface area contributed by atoms with Crippen molar-refractivity contribution in [1.82, 2.24) is 4.90 Å². The topological polar surface area (TPSA) is 29.5 Å². The van der Waals surface area contributed by atoms with E-state index in [2.05, 4.69) is 29.8 Å². The summed E-state index contributed by atoms with van der Waals surface area (Å²) in [6, 6.07) is 0. The molecular weight excluding hydrogens is 290 g/mol. The van der Waals surface area contributed by atoms with Crippen molar-refractivity contribution in [2.24, 2.45) is 0 Å². The highest BCUT2D eigenvalue weighted by molar-refractivity contribution is 9.09. The maximum absolute atomic E-state index is 11.6. The van der Waals surface area contributed by atoms with E-state index in [1.807, 2.05) is 4.90 Å². The fourth-order valence-corrected chi connectivity index (χ4v) is 3.27. The molecule has 0 saturated carbocycles. The molecule has 2 heterocycles. The van der Waals surface area contributed by atoms with E-state index < -0.39 is 0 Å². The molecule has 0 radical (unpaired) electrons. The summed E-state index contributed by atoms with van der Waals surface area (Å²) in [5.74, 6) is 1.12. The first-order valence-corrected chi connectivity index (χ1v) is 7.12. The van der Waals surface area contributed by atoms with Crippen LogP contribution in [0.2, 0.25) is 0 Å². The second-order valence-electron chi connectivity index (χ2n) is 3.83. The Hall–Kier alpha value is -0.550. The van der Waals surface area contributed by atoms with Crippen LogP contribution in [0.3, 0.4) is 0 Å². The Labute approximate surface area is 108 Å². The zero-order chi connectivity index (χ0) is 11.7. The van der Waals surface area contributed by atoms with Crippen LogP contribution < -0.4 is 4.74 Å². The minimum atomic E-state index is 0.125. The molecule has 1 aliphatic rings. The van der Waals surface area contributed by atoms with Crippen LogP contribution in [0.5, 0.6) is 5.75 Å². The average Bonchev–Trinajstić information content (AvgIpc) is 2.46. The summed E-state index contributed by atoms with van der Waals surface area (Å²) >= 11 is 4.93. The normalized spacial score (nSPS) is 15.3. The molecule has 0 aliphatic carbocycles. The summed E-state index contributed by atoms with van der Waals surface area (Å²) in [4.78, 5) is 15.9. The van der Waals surface area contributed by atoms with Crippen molar-refractivity contribution in [2.45, 2.75) is 20.4 Å². The summed E-state index contributed by atoms with van der Waals surface area (Å²) in [6.07, 6.45) is 0. The molecule has 1 amide bonds. The van der Waals surface area contributed by atoms with Gasteiger partial charge >= 0.3 is 0 Å². The van der Waals surface area contributed by atoms with Gasteiger partial charge in [0.05, 0.1) is 23.3 Å². The second kappa shape index (κ2) is 4.75. The number of nitrogens with zero attached hydrogens (tertiary/aromatic N) is 1. The molecule has 3 nitrogen and oxygen atoms in total. The Morgan fingerprint density at radius 3 is 3.00 bits per heavy atom. The third-order valence-electron chi connectivity index (χ3n) is 2.81. The Kier molecular flexibility index (Phi) is 3.54. The smallest absolute Gasteiger partial charge is 0.233 e. The van der Waals surface area contributed by atoms with Crippen LogP contribution >= 0.6 is 27.3 Å². The number of alkyl halides is 1. The number of halogens is 1. The Bertz CT molecular complexity index is 416. The zero-order valence-corrected chi connectivity index (χ0v) is 11.8. The van der Waals surface area contributed by atoms with E-state index in [4.69, 9.17) is 4.74 Å². The SMILES string of the molecule is Cc1sc2c(c1C)OCCN(C(=O)CBr)C2. The molecule has 0 unspecified atom stereocenters. The number of rotatable bonds is 1. The van der Waals surface area contributed by atoms with Crippen molar-refractivity contribution >= 4 is 33.2 Å². The molecule has 1 aliphatic heterocycles. The van der Waals surface area contributed by atoms with E-state index in [1.165, 1.54) is 15.3 Å². The molecule has 1 aromatic heterocycles. The molecule has 5 heteroatoms. The van der Waals surface area contributed by atoms with E-state index in [-0.39, 0.29) is 5.91 Å². The molecule has 88 valence electrons. The molecule has 2 rings (SSSR count). The number of carbonyl (C=O) groups is 1. The Balaban J connectivity index is 2.27. The lowest BCUT2D eigenvalue weighted by Gasteiger charge is -2.17. The summed E-state index contributed by atoms with van der Waals surface area (Å²) in [6.45, 7) is 6.10. The van der Waals surface area contributed by atoms with Gasteiger partial charge in [-0.3, -0.25) is 4.79 Å².